The summed E-state index contributed by atoms with van der Waals surface area (Å²) in [5.74, 6) is 1.11. The number of fused-ring (bicyclic) bond motifs is 1. The van der Waals surface area contributed by atoms with Gasteiger partial charge in [-0.1, -0.05) is 32.0 Å². The standard InChI is InChI=1S/C19H22N4/c1-12(2)17-19(23-10-6-7-15(5)18(23)20-17)22-21-16-11-13(3)8-9-14(16)4/h6-12H,1-5H3. The molecule has 0 amide bonds. The number of benzene rings is 1. The van der Waals surface area contributed by atoms with Crippen LogP contribution in [-0.2, 0) is 0 Å². The fourth-order valence-electron chi connectivity index (χ4n) is 2.62. The van der Waals surface area contributed by atoms with Crippen molar-refractivity contribution in [1.29, 1.82) is 0 Å². The molecule has 0 fully saturated rings. The van der Waals surface area contributed by atoms with Gasteiger partial charge in [-0.2, -0.15) is 0 Å². The Hall–Kier alpha value is -2.49. The van der Waals surface area contributed by atoms with E-state index in [-0.39, 0.29) is 0 Å². The lowest BCUT2D eigenvalue weighted by atomic mass is 10.1. The highest BCUT2D eigenvalue weighted by Gasteiger charge is 2.16. The van der Waals surface area contributed by atoms with Crippen molar-refractivity contribution in [3.8, 4) is 0 Å². The van der Waals surface area contributed by atoms with Crippen molar-refractivity contribution in [2.75, 3.05) is 0 Å². The van der Waals surface area contributed by atoms with Crippen LogP contribution >= 0.6 is 0 Å². The van der Waals surface area contributed by atoms with Crippen LogP contribution in [0.4, 0.5) is 11.5 Å². The number of rotatable bonds is 3. The summed E-state index contributed by atoms with van der Waals surface area (Å²) in [6.45, 7) is 10.4. The SMILES string of the molecule is Cc1ccc(C)c(N=Nc2c(C(C)C)nc3c(C)cccn23)c1. The van der Waals surface area contributed by atoms with Gasteiger partial charge in [0.15, 0.2) is 5.82 Å². The molecule has 0 aliphatic heterocycles. The van der Waals surface area contributed by atoms with E-state index in [0.717, 1.165) is 34.0 Å². The number of imidazole rings is 1. The lowest BCUT2D eigenvalue weighted by Gasteiger charge is -2.03. The summed E-state index contributed by atoms with van der Waals surface area (Å²) in [4.78, 5) is 4.77. The number of aromatic nitrogens is 2. The van der Waals surface area contributed by atoms with Crippen LogP contribution in [0, 0.1) is 20.8 Å². The Morgan fingerprint density at radius 2 is 1.78 bits per heavy atom. The summed E-state index contributed by atoms with van der Waals surface area (Å²) in [5, 5.41) is 9.05. The molecule has 0 radical (unpaired) electrons. The molecule has 0 unspecified atom stereocenters. The fraction of sp³-hybridized carbons (Fsp3) is 0.316. The predicted molar refractivity (Wildman–Crippen MR) is 94.1 cm³/mol. The first-order valence-corrected chi connectivity index (χ1v) is 7.94. The Balaban J connectivity index is 2.15. The molecule has 4 nitrogen and oxygen atoms in total. The Morgan fingerprint density at radius 1 is 1.00 bits per heavy atom. The van der Waals surface area contributed by atoms with Crippen molar-refractivity contribution in [1.82, 2.24) is 9.38 Å². The molecule has 0 saturated carbocycles. The van der Waals surface area contributed by atoms with E-state index in [1.54, 1.807) is 0 Å². The molecule has 0 aliphatic carbocycles. The van der Waals surface area contributed by atoms with Gasteiger partial charge in [-0.25, -0.2) is 4.98 Å². The van der Waals surface area contributed by atoms with Crippen LogP contribution in [0.25, 0.3) is 5.65 Å². The van der Waals surface area contributed by atoms with E-state index < -0.39 is 0 Å². The molecule has 2 aromatic heterocycles. The van der Waals surface area contributed by atoms with Gasteiger partial charge in [0.2, 0.25) is 0 Å². The molecule has 0 aliphatic rings. The van der Waals surface area contributed by atoms with Crippen molar-refractivity contribution in [2.24, 2.45) is 10.2 Å². The van der Waals surface area contributed by atoms with E-state index in [1.165, 1.54) is 5.56 Å². The largest absolute Gasteiger partial charge is 0.283 e. The molecule has 4 heteroatoms. The maximum atomic E-state index is 4.77. The number of hydrogen-bond donors (Lipinski definition) is 0. The van der Waals surface area contributed by atoms with Gasteiger partial charge < -0.3 is 0 Å². The summed E-state index contributed by atoms with van der Waals surface area (Å²) in [6, 6.07) is 10.3. The highest BCUT2D eigenvalue weighted by molar-refractivity contribution is 5.57. The summed E-state index contributed by atoms with van der Waals surface area (Å²) >= 11 is 0. The summed E-state index contributed by atoms with van der Waals surface area (Å²) in [6.07, 6.45) is 2.00. The van der Waals surface area contributed by atoms with E-state index in [1.807, 2.05) is 16.7 Å². The van der Waals surface area contributed by atoms with E-state index >= 15 is 0 Å². The lowest BCUT2D eigenvalue weighted by molar-refractivity contribution is 0.831. The van der Waals surface area contributed by atoms with Crippen molar-refractivity contribution in [2.45, 2.75) is 40.5 Å². The first-order chi connectivity index (χ1) is 11.0. The quantitative estimate of drug-likeness (QED) is 0.564. The highest BCUT2D eigenvalue weighted by atomic mass is 15.2. The predicted octanol–water partition coefficient (Wildman–Crippen LogP) is 5.80. The number of azo groups is 1. The average molecular weight is 306 g/mol. The third-order valence-electron chi connectivity index (χ3n) is 4.01. The second kappa shape index (κ2) is 5.95. The van der Waals surface area contributed by atoms with Crippen molar-refractivity contribution >= 4 is 17.2 Å². The monoisotopic (exact) mass is 306 g/mol. The highest BCUT2D eigenvalue weighted by Crippen LogP contribution is 2.31. The van der Waals surface area contributed by atoms with Crippen LogP contribution in [0.15, 0.2) is 46.8 Å². The molecule has 118 valence electrons. The summed E-state index contributed by atoms with van der Waals surface area (Å²) in [7, 11) is 0. The van der Waals surface area contributed by atoms with E-state index in [0.29, 0.717) is 5.92 Å². The van der Waals surface area contributed by atoms with E-state index in [9.17, 15) is 0 Å². The molecule has 0 atom stereocenters. The second-order valence-electron chi connectivity index (χ2n) is 6.35. The van der Waals surface area contributed by atoms with Gasteiger partial charge in [0.05, 0.1) is 11.4 Å². The maximum absolute atomic E-state index is 4.77. The second-order valence-corrected chi connectivity index (χ2v) is 6.35. The normalized spacial score (nSPS) is 11.9. The van der Waals surface area contributed by atoms with Crippen molar-refractivity contribution < 1.29 is 0 Å². The third-order valence-corrected chi connectivity index (χ3v) is 4.01. The molecule has 3 aromatic rings. The first kappa shape index (κ1) is 15.4. The Morgan fingerprint density at radius 3 is 2.52 bits per heavy atom. The summed E-state index contributed by atoms with van der Waals surface area (Å²) < 4.78 is 2.03. The number of aryl methyl sites for hydroxylation is 3. The minimum absolute atomic E-state index is 0.293. The Bertz CT molecular complexity index is 888. The summed E-state index contributed by atoms with van der Waals surface area (Å²) in [5.41, 5.74) is 6.28. The molecule has 0 N–H and O–H groups in total. The van der Waals surface area contributed by atoms with Gasteiger partial charge in [-0.05, 0) is 55.5 Å². The van der Waals surface area contributed by atoms with Crippen LogP contribution in [-0.4, -0.2) is 9.38 Å². The Labute approximate surface area is 136 Å². The average Bonchev–Trinajstić information content (AvgIpc) is 2.89. The van der Waals surface area contributed by atoms with Gasteiger partial charge >= 0.3 is 0 Å². The van der Waals surface area contributed by atoms with Crippen LogP contribution in [0.2, 0.25) is 0 Å². The topological polar surface area (TPSA) is 42.0 Å². The Kier molecular flexibility index (Phi) is 3.99. The van der Waals surface area contributed by atoms with Crippen LogP contribution < -0.4 is 0 Å². The molecule has 1 aromatic carbocycles. The van der Waals surface area contributed by atoms with Gasteiger partial charge in [0, 0.05) is 6.20 Å². The minimum Gasteiger partial charge on any atom is -0.283 e. The van der Waals surface area contributed by atoms with Gasteiger partial charge in [0.1, 0.15) is 5.65 Å². The van der Waals surface area contributed by atoms with Gasteiger partial charge in [-0.3, -0.25) is 4.40 Å². The lowest BCUT2D eigenvalue weighted by Crippen LogP contribution is -1.87. The van der Waals surface area contributed by atoms with E-state index in [2.05, 4.69) is 69.1 Å². The maximum Gasteiger partial charge on any atom is 0.183 e. The van der Waals surface area contributed by atoms with Gasteiger partial charge in [0.25, 0.3) is 0 Å². The molecular weight excluding hydrogens is 284 g/mol. The van der Waals surface area contributed by atoms with Crippen molar-refractivity contribution in [3.05, 3.63) is 58.9 Å². The van der Waals surface area contributed by atoms with Crippen LogP contribution in [0.1, 0.15) is 42.1 Å². The van der Waals surface area contributed by atoms with Crippen LogP contribution in [0.3, 0.4) is 0 Å². The molecule has 2 heterocycles. The molecule has 0 bridgehead atoms. The number of pyridine rings is 1. The zero-order valence-electron chi connectivity index (χ0n) is 14.3. The number of hydrogen-bond acceptors (Lipinski definition) is 3. The van der Waals surface area contributed by atoms with Gasteiger partial charge in [-0.15, -0.1) is 10.2 Å². The first-order valence-electron chi connectivity index (χ1n) is 7.94. The molecule has 0 saturated heterocycles. The number of nitrogens with zero attached hydrogens (tertiary/aromatic N) is 4. The molecular formula is C19H22N4. The smallest absolute Gasteiger partial charge is 0.183 e. The molecule has 23 heavy (non-hydrogen) atoms. The van der Waals surface area contributed by atoms with E-state index in [4.69, 9.17) is 4.98 Å². The zero-order chi connectivity index (χ0) is 16.6. The third kappa shape index (κ3) is 2.89. The van der Waals surface area contributed by atoms with Crippen molar-refractivity contribution in [3.63, 3.8) is 0 Å². The zero-order valence-corrected chi connectivity index (χ0v) is 14.3. The molecule has 0 spiro atoms. The van der Waals surface area contributed by atoms with Crippen LogP contribution in [0.5, 0.6) is 0 Å². The molecule has 3 rings (SSSR count). The minimum atomic E-state index is 0.293. The fourth-order valence-corrected chi connectivity index (χ4v) is 2.62.